The number of aryl methyl sites for hydroxylation is 1. The number of thiazole rings is 1. The van der Waals surface area contributed by atoms with Crippen LogP contribution in [0.3, 0.4) is 0 Å². The van der Waals surface area contributed by atoms with Crippen LogP contribution in [0.4, 0.5) is 11.6 Å². The smallest absolute Gasteiger partial charge is 0.132 e. The van der Waals surface area contributed by atoms with Crippen LogP contribution in [0.2, 0.25) is 0 Å². The molecule has 0 saturated carbocycles. The standard InChI is InChI=1S/C11H15N5S/c1-3-12-9-6-10(16-8(2)15-9)14-7-11-13-4-5-17-11/h4-6H,3,7H2,1-2H3,(H2,12,14,15,16). The molecule has 0 aromatic carbocycles. The maximum absolute atomic E-state index is 4.33. The maximum Gasteiger partial charge on any atom is 0.132 e. The zero-order valence-corrected chi connectivity index (χ0v) is 10.7. The van der Waals surface area contributed by atoms with Crippen LogP contribution in [0.25, 0.3) is 0 Å². The molecule has 2 aromatic heterocycles. The lowest BCUT2D eigenvalue weighted by atomic mass is 10.4. The molecular formula is C11H15N5S. The van der Waals surface area contributed by atoms with Gasteiger partial charge in [0.1, 0.15) is 22.5 Å². The third-order valence-corrected chi connectivity index (χ3v) is 2.88. The minimum Gasteiger partial charge on any atom is -0.370 e. The van der Waals surface area contributed by atoms with E-state index < -0.39 is 0 Å². The van der Waals surface area contributed by atoms with Crippen molar-refractivity contribution in [2.24, 2.45) is 0 Å². The van der Waals surface area contributed by atoms with Crippen LogP contribution in [0.5, 0.6) is 0 Å². The Morgan fingerprint density at radius 3 is 2.65 bits per heavy atom. The van der Waals surface area contributed by atoms with E-state index in [-0.39, 0.29) is 0 Å². The first-order valence-corrected chi connectivity index (χ1v) is 6.37. The molecule has 2 rings (SSSR count). The van der Waals surface area contributed by atoms with Gasteiger partial charge in [-0.15, -0.1) is 11.3 Å². The van der Waals surface area contributed by atoms with Crippen molar-refractivity contribution in [1.82, 2.24) is 15.0 Å². The molecule has 0 fully saturated rings. The summed E-state index contributed by atoms with van der Waals surface area (Å²) in [5.41, 5.74) is 0. The Kier molecular flexibility index (Phi) is 3.87. The van der Waals surface area contributed by atoms with E-state index in [9.17, 15) is 0 Å². The molecule has 0 atom stereocenters. The number of anilines is 2. The van der Waals surface area contributed by atoms with Crippen molar-refractivity contribution in [2.75, 3.05) is 17.2 Å². The van der Waals surface area contributed by atoms with E-state index in [0.29, 0.717) is 6.54 Å². The fraction of sp³-hybridized carbons (Fsp3) is 0.364. The molecule has 0 aliphatic heterocycles. The highest BCUT2D eigenvalue weighted by Gasteiger charge is 2.01. The number of hydrogen-bond donors (Lipinski definition) is 2. The summed E-state index contributed by atoms with van der Waals surface area (Å²) in [6.07, 6.45) is 1.80. The van der Waals surface area contributed by atoms with Crippen molar-refractivity contribution in [1.29, 1.82) is 0 Å². The number of rotatable bonds is 5. The number of aromatic nitrogens is 3. The first kappa shape index (κ1) is 11.8. The van der Waals surface area contributed by atoms with Gasteiger partial charge in [0.05, 0.1) is 6.54 Å². The lowest BCUT2D eigenvalue weighted by Gasteiger charge is -2.08. The van der Waals surface area contributed by atoms with E-state index in [1.165, 1.54) is 0 Å². The third kappa shape index (κ3) is 3.39. The fourth-order valence-corrected chi connectivity index (χ4v) is 1.99. The largest absolute Gasteiger partial charge is 0.370 e. The second kappa shape index (κ2) is 5.58. The Hall–Kier alpha value is -1.69. The van der Waals surface area contributed by atoms with E-state index >= 15 is 0 Å². The third-order valence-electron chi connectivity index (χ3n) is 2.10. The molecule has 0 amide bonds. The first-order valence-electron chi connectivity index (χ1n) is 5.49. The van der Waals surface area contributed by atoms with E-state index in [0.717, 1.165) is 29.0 Å². The molecule has 0 aliphatic carbocycles. The zero-order chi connectivity index (χ0) is 12.1. The second-order valence-corrected chi connectivity index (χ2v) is 4.47. The lowest BCUT2D eigenvalue weighted by molar-refractivity contribution is 1.01. The first-order chi connectivity index (χ1) is 8.28. The van der Waals surface area contributed by atoms with Gasteiger partial charge in [-0.05, 0) is 13.8 Å². The zero-order valence-electron chi connectivity index (χ0n) is 9.90. The summed E-state index contributed by atoms with van der Waals surface area (Å²) in [7, 11) is 0. The van der Waals surface area contributed by atoms with Gasteiger partial charge < -0.3 is 10.6 Å². The lowest BCUT2D eigenvalue weighted by Crippen LogP contribution is -2.06. The summed E-state index contributed by atoms with van der Waals surface area (Å²) < 4.78 is 0. The summed E-state index contributed by atoms with van der Waals surface area (Å²) >= 11 is 1.63. The molecule has 0 aliphatic rings. The van der Waals surface area contributed by atoms with Crippen molar-refractivity contribution in [3.63, 3.8) is 0 Å². The van der Waals surface area contributed by atoms with Gasteiger partial charge in [0.25, 0.3) is 0 Å². The Labute approximate surface area is 104 Å². The highest BCUT2D eigenvalue weighted by molar-refractivity contribution is 7.09. The maximum atomic E-state index is 4.33. The van der Waals surface area contributed by atoms with Crippen LogP contribution < -0.4 is 10.6 Å². The van der Waals surface area contributed by atoms with E-state index in [1.807, 2.05) is 25.3 Å². The molecule has 0 saturated heterocycles. The molecule has 2 heterocycles. The van der Waals surface area contributed by atoms with Gasteiger partial charge in [0.2, 0.25) is 0 Å². The summed E-state index contributed by atoms with van der Waals surface area (Å²) in [5, 5.41) is 9.43. The van der Waals surface area contributed by atoms with Crippen molar-refractivity contribution in [2.45, 2.75) is 20.4 Å². The van der Waals surface area contributed by atoms with Crippen molar-refractivity contribution in [3.05, 3.63) is 28.5 Å². The molecule has 17 heavy (non-hydrogen) atoms. The van der Waals surface area contributed by atoms with Crippen LogP contribution in [0.15, 0.2) is 17.6 Å². The van der Waals surface area contributed by atoms with E-state index in [4.69, 9.17) is 0 Å². The average molecular weight is 249 g/mol. The molecule has 5 nitrogen and oxygen atoms in total. The van der Waals surface area contributed by atoms with Gasteiger partial charge in [-0.25, -0.2) is 15.0 Å². The molecule has 6 heteroatoms. The van der Waals surface area contributed by atoms with Gasteiger partial charge in [-0.1, -0.05) is 0 Å². The minimum atomic E-state index is 0.694. The Bertz CT molecular complexity index is 469. The molecule has 0 radical (unpaired) electrons. The van der Waals surface area contributed by atoms with Crippen LogP contribution in [0, 0.1) is 6.92 Å². The van der Waals surface area contributed by atoms with Gasteiger partial charge in [0.15, 0.2) is 0 Å². The van der Waals surface area contributed by atoms with Crippen LogP contribution in [0.1, 0.15) is 17.8 Å². The second-order valence-electron chi connectivity index (χ2n) is 3.50. The Balaban J connectivity index is 2.04. The minimum absolute atomic E-state index is 0.694. The molecule has 2 N–H and O–H groups in total. The van der Waals surface area contributed by atoms with E-state index in [1.54, 1.807) is 17.5 Å². The van der Waals surface area contributed by atoms with Gasteiger partial charge in [-0.3, -0.25) is 0 Å². The molecule has 90 valence electrons. The van der Waals surface area contributed by atoms with Gasteiger partial charge in [0, 0.05) is 24.2 Å². The topological polar surface area (TPSA) is 62.7 Å². The SMILES string of the molecule is CCNc1cc(NCc2nccs2)nc(C)n1. The molecule has 0 bridgehead atoms. The predicted octanol–water partition coefficient (Wildman–Crippen LogP) is 2.29. The quantitative estimate of drug-likeness (QED) is 0.851. The number of nitrogens with one attached hydrogen (secondary N) is 2. The molecule has 0 spiro atoms. The van der Waals surface area contributed by atoms with Gasteiger partial charge >= 0.3 is 0 Å². The number of hydrogen-bond acceptors (Lipinski definition) is 6. The normalized spacial score (nSPS) is 10.2. The molecule has 0 unspecified atom stereocenters. The highest BCUT2D eigenvalue weighted by Crippen LogP contribution is 2.13. The molecular weight excluding hydrogens is 234 g/mol. The van der Waals surface area contributed by atoms with E-state index in [2.05, 4.69) is 25.6 Å². The van der Waals surface area contributed by atoms with Crippen LogP contribution in [-0.2, 0) is 6.54 Å². The van der Waals surface area contributed by atoms with Gasteiger partial charge in [-0.2, -0.15) is 0 Å². The summed E-state index contributed by atoms with van der Waals surface area (Å²) in [6, 6.07) is 1.91. The fourth-order valence-electron chi connectivity index (χ4n) is 1.44. The number of nitrogens with zero attached hydrogens (tertiary/aromatic N) is 3. The molecule has 2 aromatic rings. The highest BCUT2D eigenvalue weighted by atomic mass is 32.1. The van der Waals surface area contributed by atoms with Crippen molar-refractivity contribution >= 4 is 23.0 Å². The Morgan fingerprint density at radius 2 is 2.00 bits per heavy atom. The van der Waals surface area contributed by atoms with Crippen LogP contribution in [-0.4, -0.2) is 21.5 Å². The summed E-state index contributed by atoms with van der Waals surface area (Å²) in [4.78, 5) is 12.8. The summed E-state index contributed by atoms with van der Waals surface area (Å²) in [5.74, 6) is 2.43. The predicted molar refractivity (Wildman–Crippen MR) is 70.4 cm³/mol. The van der Waals surface area contributed by atoms with Crippen molar-refractivity contribution in [3.8, 4) is 0 Å². The van der Waals surface area contributed by atoms with Crippen LogP contribution >= 0.6 is 11.3 Å². The van der Waals surface area contributed by atoms with Crippen molar-refractivity contribution < 1.29 is 0 Å². The Morgan fingerprint density at radius 1 is 1.24 bits per heavy atom. The average Bonchev–Trinajstić information content (AvgIpc) is 2.79. The monoisotopic (exact) mass is 249 g/mol. The summed E-state index contributed by atoms with van der Waals surface area (Å²) in [6.45, 7) is 5.47.